The second-order valence-corrected chi connectivity index (χ2v) is 6.41. The van der Waals surface area contributed by atoms with Gasteiger partial charge in [-0.1, -0.05) is 0 Å². The molecule has 0 amide bonds. The zero-order chi connectivity index (χ0) is 12.5. The van der Waals surface area contributed by atoms with Gasteiger partial charge >= 0.3 is 0 Å². The Hall–Kier alpha value is -1.14. The lowest BCUT2D eigenvalue weighted by atomic mass is 10.1. The number of hydrogen-bond donors (Lipinski definition) is 0. The summed E-state index contributed by atoms with van der Waals surface area (Å²) in [5.41, 5.74) is 0.723. The Morgan fingerprint density at radius 3 is 2.59 bits per heavy atom. The Balaban J connectivity index is 2.26. The fourth-order valence-electron chi connectivity index (χ4n) is 1.58. The molecule has 0 spiro atoms. The summed E-state index contributed by atoms with van der Waals surface area (Å²) in [6.07, 6.45) is 0.269. The molecule has 0 aromatic heterocycles. The molecule has 1 aromatic carbocycles. The fraction of sp³-hybridized carbons (Fsp3) is 0.400. The lowest BCUT2D eigenvalue weighted by molar-refractivity contribution is 0.174. The zero-order valence-electron chi connectivity index (χ0n) is 9.10. The van der Waals surface area contributed by atoms with Crippen LogP contribution in [0.5, 0.6) is 17.2 Å². The molecule has 0 bridgehead atoms. The maximum absolute atomic E-state index is 10.9. The van der Waals surface area contributed by atoms with Gasteiger partial charge in [0.25, 0.3) is 0 Å². The van der Waals surface area contributed by atoms with Gasteiger partial charge in [-0.25, -0.2) is 8.42 Å². The molecule has 0 unspecified atom stereocenters. The van der Waals surface area contributed by atoms with E-state index in [1.807, 2.05) is 0 Å². The molecular formula is C10H11ClO5S. The summed E-state index contributed by atoms with van der Waals surface area (Å²) in [5, 5.41) is 0. The molecule has 0 saturated heterocycles. The first-order valence-corrected chi connectivity index (χ1v) is 7.36. The molecule has 7 heteroatoms. The van der Waals surface area contributed by atoms with Crippen molar-refractivity contribution in [1.29, 1.82) is 0 Å². The van der Waals surface area contributed by atoms with Crippen LogP contribution in [0.25, 0.3) is 0 Å². The smallest absolute Gasteiger partial charge is 0.232 e. The Morgan fingerprint density at radius 2 is 2.00 bits per heavy atom. The minimum atomic E-state index is -3.52. The van der Waals surface area contributed by atoms with Crippen molar-refractivity contribution in [1.82, 2.24) is 0 Å². The highest BCUT2D eigenvalue weighted by molar-refractivity contribution is 8.13. The summed E-state index contributed by atoms with van der Waals surface area (Å²) < 4.78 is 37.4. The molecule has 1 heterocycles. The summed E-state index contributed by atoms with van der Waals surface area (Å²) in [5.74, 6) is 1.60. The lowest BCUT2D eigenvalue weighted by Gasteiger charge is -2.08. The molecule has 0 N–H and O–H groups in total. The van der Waals surface area contributed by atoms with Crippen LogP contribution in [0.2, 0.25) is 0 Å². The molecule has 1 aliphatic rings. The monoisotopic (exact) mass is 278 g/mol. The molecule has 0 saturated carbocycles. The van der Waals surface area contributed by atoms with Crippen LogP contribution in [-0.2, 0) is 15.5 Å². The van der Waals surface area contributed by atoms with Gasteiger partial charge in [0.15, 0.2) is 11.5 Å². The second kappa shape index (κ2) is 4.62. The van der Waals surface area contributed by atoms with Gasteiger partial charge < -0.3 is 14.2 Å². The Kier molecular flexibility index (Phi) is 3.35. The predicted octanol–water partition coefficient (Wildman–Crippen LogP) is 1.53. The third-order valence-corrected chi connectivity index (χ3v) is 3.55. The van der Waals surface area contributed by atoms with E-state index in [9.17, 15) is 8.42 Å². The van der Waals surface area contributed by atoms with E-state index in [1.54, 1.807) is 12.1 Å². The molecule has 17 heavy (non-hydrogen) atoms. The molecule has 0 aliphatic carbocycles. The predicted molar refractivity (Wildman–Crippen MR) is 62.5 cm³/mol. The van der Waals surface area contributed by atoms with Crippen molar-refractivity contribution in [2.45, 2.75) is 6.42 Å². The minimum Gasteiger partial charge on any atom is -0.496 e. The van der Waals surface area contributed by atoms with Crippen molar-refractivity contribution in [2.24, 2.45) is 0 Å². The molecule has 1 aliphatic heterocycles. The Morgan fingerprint density at radius 1 is 1.35 bits per heavy atom. The van der Waals surface area contributed by atoms with Crippen LogP contribution in [0.4, 0.5) is 0 Å². The number of fused-ring (bicyclic) bond motifs is 1. The maximum Gasteiger partial charge on any atom is 0.232 e. The van der Waals surface area contributed by atoms with E-state index in [1.165, 1.54) is 7.11 Å². The maximum atomic E-state index is 10.9. The van der Waals surface area contributed by atoms with Gasteiger partial charge in [0.05, 0.1) is 12.9 Å². The summed E-state index contributed by atoms with van der Waals surface area (Å²) in [7, 11) is 3.16. The van der Waals surface area contributed by atoms with Crippen molar-refractivity contribution in [3.8, 4) is 17.2 Å². The first kappa shape index (κ1) is 12.3. The number of aryl methyl sites for hydroxylation is 1. The van der Waals surface area contributed by atoms with Crippen molar-refractivity contribution in [3.63, 3.8) is 0 Å². The van der Waals surface area contributed by atoms with Gasteiger partial charge in [-0.2, -0.15) is 0 Å². The third kappa shape index (κ3) is 2.95. The highest BCUT2D eigenvalue weighted by Gasteiger charge is 2.18. The standard InChI is InChI=1S/C10H11ClO5S/c1-14-8-5-10-9(15-6-16-10)4-7(8)2-3-17(11,12)13/h4-5H,2-3,6H2,1H3. The average molecular weight is 279 g/mol. The molecule has 1 aromatic rings. The fourth-order valence-corrected chi connectivity index (χ4v) is 2.28. The van der Waals surface area contributed by atoms with Gasteiger partial charge in [0.2, 0.25) is 15.8 Å². The molecular weight excluding hydrogens is 268 g/mol. The Labute approximate surface area is 104 Å². The Bertz CT molecular complexity index is 526. The minimum absolute atomic E-state index is 0.148. The summed E-state index contributed by atoms with van der Waals surface area (Å²) in [6, 6.07) is 3.39. The van der Waals surface area contributed by atoms with Crippen LogP contribution >= 0.6 is 10.7 Å². The molecule has 94 valence electrons. The summed E-state index contributed by atoms with van der Waals surface area (Å²) >= 11 is 0. The van der Waals surface area contributed by atoms with E-state index in [2.05, 4.69) is 0 Å². The second-order valence-electron chi connectivity index (χ2n) is 3.51. The van der Waals surface area contributed by atoms with Crippen LogP contribution in [0, 0.1) is 0 Å². The van der Waals surface area contributed by atoms with Crippen molar-refractivity contribution >= 4 is 19.7 Å². The summed E-state index contributed by atoms with van der Waals surface area (Å²) in [4.78, 5) is 0. The van der Waals surface area contributed by atoms with Crippen LogP contribution in [0.1, 0.15) is 5.56 Å². The van der Waals surface area contributed by atoms with E-state index >= 15 is 0 Å². The zero-order valence-corrected chi connectivity index (χ0v) is 10.7. The SMILES string of the molecule is COc1cc2c(cc1CCS(=O)(=O)Cl)OCO2. The van der Waals surface area contributed by atoms with E-state index in [0.29, 0.717) is 17.2 Å². The van der Waals surface area contributed by atoms with E-state index < -0.39 is 9.05 Å². The summed E-state index contributed by atoms with van der Waals surface area (Å²) in [6.45, 7) is 0.162. The molecule has 0 fully saturated rings. The highest BCUT2D eigenvalue weighted by atomic mass is 35.7. The third-order valence-electron chi connectivity index (χ3n) is 2.39. The van der Waals surface area contributed by atoms with Gasteiger partial charge in [-0.15, -0.1) is 0 Å². The number of hydrogen-bond acceptors (Lipinski definition) is 5. The molecule has 0 atom stereocenters. The van der Waals surface area contributed by atoms with Crippen molar-refractivity contribution < 1.29 is 22.6 Å². The molecule has 0 radical (unpaired) electrons. The average Bonchev–Trinajstić information content (AvgIpc) is 2.70. The van der Waals surface area contributed by atoms with Crippen LogP contribution in [0.3, 0.4) is 0 Å². The van der Waals surface area contributed by atoms with Crippen LogP contribution in [0.15, 0.2) is 12.1 Å². The molecule has 2 rings (SSSR count). The number of rotatable bonds is 4. The van der Waals surface area contributed by atoms with Gasteiger partial charge in [-0.3, -0.25) is 0 Å². The van der Waals surface area contributed by atoms with Gasteiger partial charge in [-0.05, 0) is 18.1 Å². The molecule has 5 nitrogen and oxygen atoms in total. The normalized spacial score (nSPS) is 13.8. The van der Waals surface area contributed by atoms with Gasteiger partial charge in [0.1, 0.15) is 5.75 Å². The number of benzene rings is 1. The van der Waals surface area contributed by atoms with E-state index in [-0.39, 0.29) is 19.0 Å². The topological polar surface area (TPSA) is 61.8 Å². The van der Waals surface area contributed by atoms with E-state index in [4.69, 9.17) is 24.9 Å². The van der Waals surface area contributed by atoms with Crippen molar-refractivity contribution in [2.75, 3.05) is 19.7 Å². The lowest BCUT2D eigenvalue weighted by Crippen LogP contribution is -2.02. The first-order valence-electron chi connectivity index (χ1n) is 4.88. The van der Waals surface area contributed by atoms with Crippen LogP contribution < -0.4 is 14.2 Å². The largest absolute Gasteiger partial charge is 0.496 e. The van der Waals surface area contributed by atoms with Gasteiger partial charge in [0, 0.05) is 16.7 Å². The highest BCUT2D eigenvalue weighted by Crippen LogP contribution is 2.38. The number of methoxy groups -OCH3 is 1. The number of ether oxygens (including phenoxy) is 3. The number of halogens is 1. The quantitative estimate of drug-likeness (QED) is 0.782. The van der Waals surface area contributed by atoms with Crippen molar-refractivity contribution in [3.05, 3.63) is 17.7 Å². The van der Waals surface area contributed by atoms with E-state index in [0.717, 1.165) is 5.56 Å². The van der Waals surface area contributed by atoms with Crippen LogP contribution in [-0.4, -0.2) is 28.1 Å². The first-order chi connectivity index (χ1) is 7.99.